The zero-order chi connectivity index (χ0) is 16.3. The van der Waals surface area contributed by atoms with E-state index >= 15 is 0 Å². The number of hydrogen-bond acceptors (Lipinski definition) is 4. The zero-order valence-corrected chi connectivity index (χ0v) is 14.2. The molecule has 1 aromatic carbocycles. The van der Waals surface area contributed by atoms with Crippen LogP contribution >= 0.6 is 0 Å². The van der Waals surface area contributed by atoms with E-state index in [1.54, 1.807) is 0 Å². The molecule has 0 radical (unpaired) electrons. The Morgan fingerprint density at radius 1 is 1.09 bits per heavy atom. The lowest BCUT2D eigenvalue weighted by Gasteiger charge is -2.37. The number of benzene rings is 1. The average molecular weight is 336 g/mol. The van der Waals surface area contributed by atoms with Gasteiger partial charge in [0.05, 0.1) is 11.5 Å². The van der Waals surface area contributed by atoms with Crippen molar-refractivity contribution in [2.75, 3.05) is 37.7 Å². The maximum atomic E-state index is 12.3. The Balaban J connectivity index is 1.44. The van der Waals surface area contributed by atoms with Crippen LogP contribution in [-0.4, -0.2) is 67.9 Å². The Labute approximate surface area is 138 Å². The second-order valence-electron chi connectivity index (χ2n) is 6.46. The van der Waals surface area contributed by atoms with Crippen LogP contribution < -0.4 is 0 Å². The van der Waals surface area contributed by atoms with Gasteiger partial charge in [-0.3, -0.25) is 9.69 Å². The number of hydrogen-bond donors (Lipinski definition) is 0. The normalized spacial score (nSPS) is 24.7. The first-order chi connectivity index (χ1) is 11.0. The van der Waals surface area contributed by atoms with Gasteiger partial charge < -0.3 is 4.90 Å². The lowest BCUT2D eigenvalue weighted by molar-refractivity contribution is -0.133. The zero-order valence-electron chi connectivity index (χ0n) is 13.4. The lowest BCUT2D eigenvalue weighted by Crippen LogP contribution is -2.52. The van der Waals surface area contributed by atoms with E-state index in [2.05, 4.69) is 4.90 Å². The van der Waals surface area contributed by atoms with Gasteiger partial charge in [-0.1, -0.05) is 30.3 Å². The van der Waals surface area contributed by atoms with Crippen LogP contribution in [0.5, 0.6) is 0 Å². The molecule has 0 saturated carbocycles. The molecule has 2 saturated heterocycles. The van der Waals surface area contributed by atoms with Gasteiger partial charge in [-0.25, -0.2) is 8.42 Å². The van der Waals surface area contributed by atoms with Gasteiger partial charge in [0.25, 0.3) is 0 Å². The highest BCUT2D eigenvalue weighted by molar-refractivity contribution is 7.91. The number of amides is 1. The number of carbonyl (C=O) groups is 1. The standard InChI is InChI=1S/C17H24N2O3S/c20-17(7-6-15-4-2-1-3-5-15)19-11-9-18(10-12-19)16-8-13-23(21,22)14-16/h1-5,16H,6-14H2/t16-/m1/s1. The van der Waals surface area contributed by atoms with E-state index in [4.69, 9.17) is 0 Å². The quantitative estimate of drug-likeness (QED) is 0.821. The first-order valence-electron chi connectivity index (χ1n) is 8.30. The molecule has 2 heterocycles. The number of carbonyl (C=O) groups excluding carboxylic acids is 1. The summed E-state index contributed by atoms with van der Waals surface area (Å²) in [6.07, 6.45) is 2.06. The fourth-order valence-electron chi connectivity index (χ4n) is 3.45. The van der Waals surface area contributed by atoms with Gasteiger partial charge >= 0.3 is 0 Å². The number of rotatable bonds is 4. The Morgan fingerprint density at radius 2 is 1.78 bits per heavy atom. The van der Waals surface area contributed by atoms with Crippen molar-refractivity contribution in [3.05, 3.63) is 35.9 Å². The van der Waals surface area contributed by atoms with Crippen LogP contribution in [-0.2, 0) is 21.1 Å². The number of sulfone groups is 1. The molecule has 126 valence electrons. The van der Waals surface area contributed by atoms with E-state index < -0.39 is 9.84 Å². The Kier molecular flexibility index (Phi) is 5.02. The summed E-state index contributed by atoms with van der Waals surface area (Å²) in [4.78, 5) is 16.5. The van der Waals surface area contributed by atoms with E-state index in [0.717, 1.165) is 25.9 Å². The molecule has 3 rings (SSSR count). The van der Waals surface area contributed by atoms with Crippen molar-refractivity contribution in [1.82, 2.24) is 9.80 Å². The van der Waals surface area contributed by atoms with Gasteiger partial charge in [-0.05, 0) is 18.4 Å². The maximum Gasteiger partial charge on any atom is 0.222 e. The third-order valence-electron chi connectivity index (χ3n) is 4.86. The van der Waals surface area contributed by atoms with Gasteiger partial charge in [0, 0.05) is 38.6 Å². The number of aryl methyl sites for hydroxylation is 1. The molecule has 2 aliphatic heterocycles. The molecule has 1 aromatic rings. The smallest absolute Gasteiger partial charge is 0.222 e. The molecule has 1 amide bonds. The molecule has 23 heavy (non-hydrogen) atoms. The van der Waals surface area contributed by atoms with Crippen molar-refractivity contribution in [3.8, 4) is 0 Å². The minimum absolute atomic E-state index is 0.154. The van der Waals surface area contributed by atoms with Crippen molar-refractivity contribution < 1.29 is 13.2 Å². The second kappa shape index (κ2) is 7.01. The molecule has 6 heteroatoms. The van der Waals surface area contributed by atoms with E-state index in [-0.39, 0.29) is 17.7 Å². The van der Waals surface area contributed by atoms with E-state index in [1.807, 2.05) is 35.2 Å². The molecule has 1 atom stereocenters. The fourth-order valence-corrected chi connectivity index (χ4v) is 5.22. The predicted molar refractivity (Wildman–Crippen MR) is 90.0 cm³/mol. The molecular formula is C17H24N2O3S. The average Bonchev–Trinajstić information content (AvgIpc) is 2.94. The van der Waals surface area contributed by atoms with Crippen LogP contribution in [0.2, 0.25) is 0 Å². The van der Waals surface area contributed by atoms with E-state index in [0.29, 0.717) is 25.3 Å². The lowest BCUT2D eigenvalue weighted by atomic mass is 10.1. The van der Waals surface area contributed by atoms with Crippen molar-refractivity contribution in [3.63, 3.8) is 0 Å². The molecule has 5 nitrogen and oxygen atoms in total. The molecule has 0 unspecified atom stereocenters. The molecular weight excluding hydrogens is 312 g/mol. The Morgan fingerprint density at radius 3 is 2.39 bits per heavy atom. The Hall–Kier alpha value is -1.40. The van der Waals surface area contributed by atoms with Crippen molar-refractivity contribution >= 4 is 15.7 Å². The third-order valence-corrected chi connectivity index (χ3v) is 6.61. The predicted octanol–water partition coefficient (Wildman–Crippen LogP) is 0.951. The van der Waals surface area contributed by atoms with Gasteiger partial charge in [-0.2, -0.15) is 0 Å². The van der Waals surface area contributed by atoms with Crippen LogP contribution in [0.15, 0.2) is 30.3 Å². The number of nitrogens with zero attached hydrogens (tertiary/aromatic N) is 2. The van der Waals surface area contributed by atoms with Gasteiger partial charge in [0.1, 0.15) is 0 Å². The van der Waals surface area contributed by atoms with Gasteiger partial charge in [-0.15, -0.1) is 0 Å². The van der Waals surface area contributed by atoms with Crippen molar-refractivity contribution in [2.45, 2.75) is 25.3 Å². The molecule has 0 aromatic heterocycles. The highest BCUT2D eigenvalue weighted by Gasteiger charge is 2.34. The molecule has 2 fully saturated rings. The minimum atomic E-state index is -2.84. The molecule has 0 N–H and O–H groups in total. The van der Waals surface area contributed by atoms with E-state index in [9.17, 15) is 13.2 Å². The first-order valence-corrected chi connectivity index (χ1v) is 10.1. The first kappa shape index (κ1) is 16.5. The summed E-state index contributed by atoms with van der Waals surface area (Å²) in [5, 5.41) is 0. The van der Waals surface area contributed by atoms with Crippen LogP contribution in [0.25, 0.3) is 0 Å². The summed E-state index contributed by atoms with van der Waals surface area (Å²) in [5.74, 6) is 0.801. The van der Waals surface area contributed by atoms with Gasteiger partial charge in [0.15, 0.2) is 9.84 Å². The highest BCUT2D eigenvalue weighted by atomic mass is 32.2. The monoisotopic (exact) mass is 336 g/mol. The Bertz CT molecular complexity index is 637. The molecule has 2 aliphatic rings. The molecule has 0 spiro atoms. The third kappa shape index (κ3) is 4.32. The van der Waals surface area contributed by atoms with Crippen LogP contribution in [0.4, 0.5) is 0 Å². The summed E-state index contributed by atoms with van der Waals surface area (Å²) in [7, 11) is -2.84. The molecule has 0 bridgehead atoms. The highest BCUT2D eigenvalue weighted by Crippen LogP contribution is 2.19. The van der Waals surface area contributed by atoms with Crippen LogP contribution in [0.1, 0.15) is 18.4 Å². The summed E-state index contributed by atoms with van der Waals surface area (Å²) in [6, 6.07) is 10.2. The fraction of sp³-hybridized carbons (Fsp3) is 0.588. The van der Waals surface area contributed by atoms with Crippen LogP contribution in [0.3, 0.4) is 0 Å². The number of piperazine rings is 1. The van der Waals surface area contributed by atoms with Crippen LogP contribution in [0, 0.1) is 0 Å². The topological polar surface area (TPSA) is 57.7 Å². The molecule has 0 aliphatic carbocycles. The largest absolute Gasteiger partial charge is 0.340 e. The SMILES string of the molecule is O=C(CCc1ccccc1)N1CCN([C@@H]2CCS(=O)(=O)C2)CC1. The minimum Gasteiger partial charge on any atom is -0.340 e. The summed E-state index contributed by atoms with van der Waals surface area (Å²) < 4.78 is 23.2. The van der Waals surface area contributed by atoms with Gasteiger partial charge in [0.2, 0.25) is 5.91 Å². The van der Waals surface area contributed by atoms with Crippen molar-refractivity contribution in [2.24, 2.45) is 0 Å². The summed E-state index contributed by atoms with van der Waals surface area (Å²) in [5.41, 5.74) is 1.19. The maximum absolute atomic E-state index is 12.3. The van der Waals surface area contributed by atoms with E-state index in [1.165, 1.54) is 5.56 Å². The summed E-state index contributed by atoms with van der Waals surface area (Å²) >= 11 is 0. The summed E-state index contributed by atoms with van der Waals surface area (Å²) in [6.45, 7) is 3.00. The van der Waals surface area contributed by atoms with Crippen molar-refractivity contribution in [1.29, 1.82) is 0 Å². The second-order valence-corrected chi connectivity index (χ2v) is 8.69.